The number of nitrogens with one attached hydrogen (secondary N) is 1. The third-order valence-corrected chi connectivity index (χ3v) is 4.28. The molecule has 2 atom stereocenters. The van der Waals surface area contributed by atoms with E-state index in [9.17, 15) is 0 Å². The van der Waals surface area contributed by atoms with Crippen molar-refractivity contribution in [3.8, 4) is 6.07 Å². The molecule has 0 bridgehead atoms. The second-order valence-corrected chi connectivity index (χ2v) is 5.77. The van der Waals surface area contributed by atoms with Crippen LogP contribution in [0.4, 0.5) is 5.69 Å². The molecule has 2 unspecified atom stereocenters. The summed E-state index contributed by atoms with van der Waals surface area (Å²) >= 11 is 3.58. The standard InChI is InChI=1S/C14H18BrN3/c1-10-3-4-12(7-14(10)15)18-9-11(2)17-8-13(18)5-6-16/h3-4,7,11,13,17H,5,8-9H2,1-2H3. The number of aryl methyl sites for hydroxylation is 1. The third-order valence-electron chi connectivity index (χ3n) is 3.43. The quantitative estimate of drug-likeness (QED) is 0.913. The summed E-state index contributed by atoms with van der Waals surface area (Å²) in [6, 6.07) is 9.42. The number of nitriles is 1. The monoisotopic (exact) mass is 307 g/mol. The van der Waals surface area contributed by atoms with Gasteiger partial charge in [0, 0.05) is 29.3 Å². The largest absolute Gasteiger partial charge is 0.365 e. The van der Waals surface area contributed by atoms with Crippen LogP contribution in [0.15, 0.2) is 22.7 Å². The summed E-state index contributed by atoms with van der Waals surface area (Å²) in [6.07, 6.45) is 0.561. The Morgan fingerprint density at radius 3 is 3.00 bits per heavy atom. The number of nitrogens with zero attached hydrogens (tertiary/aromatic N) is 2. The number of halogens is 1. The number of hydrogen-bond acceptors (Lipinski definition) is 3. The van der Waals surface area contributed by atoms with Crippen molar-refractivity contribution in [3.05, 3.63) is 28.2 Å². The van der Waals surface area contributed by atoms with Gasteiger partial charge in [0.15, 0.2) is 0 Å². The molecule has 1 aliphatic rings. The van der Waals surface area contributed by atoms with Gasteiger partial charge in [0.05, 0.1) is 18.5 Å². The van der Waals surface area contributed by atoms with Gasteiger partial charge in [-0.15, -0.1) is 0 Å². The maximum Gasteiger partial charge on any atom is 0.0643 e. The van der Waals surface area contributed by atoms with Crippen LogP contribution in [0.2, 0.25) is 0 Å². The van der Waals surface area contributed by atoms with Crippen LogP contribution < -0.4 is 10.2 Å². The number of anilines is 1. The van der Waals surface area contributed by atoms with E-state index < -0.39 is 0 Å². The van der Waals surface area contributed by atoms with Gasteiger partial charge in [0.1, 0.15) is 0 Å². The van der Waals surface area contributed by atoms with Gasteiger partial charge in [-0.3, -0.25) is 0 Å². The molecule has 0 radical (unpaired) electrons. The second-order valence-electron chi connectivity index (χ2n) is 4.91. The predicted molar refractivity (Wildman–Crippen MR) is 77.7 cm³/mol. The van der Waals surface area contributed by atoms with Gasteiger partial charge >= 0.3 is 0 Å². The van der Waals surface area contributed by atoms with Crippen molar-refractivity contribution in [2.75, 3.05) is 18.0 Å². The van der Waals surface area contributed by atoms with Gasteiger partial charge < -0.3 is 10.2 Å². The summed E-state index contributed by atoms with van der Waals surface area (Å²) in [6.45, 7) is 6.09. The first-order valence-electron chi connectivity index (χ1n) is 6.25. The zero-order valence-corrected chi connectivity index (χ0v) is 12.4. The van der Waals surface area contributed by atoms with E-state index in [2.05, 4.69) is 64.3 Å². The summed E-state index contributed by atoms with van der Waals surface area (Å²) in [5, 5.41) is 12.4. The summed E-state index contributed by atoms with van der Waals surface area (Å²) < 4.78 is 1.13. The topological polar surface area (TPSA) is 39.1 Å². The Bertz CT molecular complexity index is 467. The molecule has 0 aliphatic carbocycles. The molecule has 0 amide bonds. The Morgan fingerprint density at radius 1 is 1.56 bits per heavy atom. The lowest BCUT2D eigenvalue weighted by Crippen LogP contribution is -2.55. The molecule has 1 N–H and O–H groups in total. The van der Waals surface area contributed by atoms with E-state index in [0.717, 1.165) is 17.6 Å². The first-order valence-corrected chi connectivity index (χ1v) is 7.04. The molecule has 1 aromatic rings. The molecule has 0 spiro atoms. The minimum Gasteiger partial charge on any atom is -0.365 e. The van der Waals surface area contributed by atoms with Crippen molar-refractivity contribution in [3.63, 3.8) is 0 Å². The van der Waals surface area contributed by atoms with E-state index in [1.165, 1.54) is 11.3 Å². The molecular formula is C14H18BrN3. The molecule has 1 heterocycles. The van der Waals surface area contributed by atoms with Crippen molar-refractivity contribution in [1.82, 2.24) is 5.32 Å². The fraction of sp³-hybridized carbons (Fsp3) is 0.500. The van der Waals surface area contributed by atoms with Crippen LogP contribution in [0.25, 0.3) is 0 Å². The Hall–Kier alpha value is -1.05. The Morgan fingerprint density at radius 2 is 2.33 bits per heavy atom. The minimum absolute atomic E-state index is 0.265. The minimum atomic E-state index is 0.265. The van der Waals surface area contributed by atoms with Gasteiger partial charge in [-0.2, -0.15) is 5.26 Å². The Kier molecular flexibility index (Phi) is 4.26. The lowest BCUT2D eigenvalue weighted by molar-refractivity contribution is 0.412. The Balaban J connectivity index is 2.26. The molecule has 1 fully saturated rings. The number of hydrogen-bond donors (Lipinski definition) is 1. The summed E-state index contributed by atoms with van der Waals surface area (Å²) in [7, 11) is 0. The smallest absolute Gasteiger partial charge is 0.0643 e. The number of piperazine rings is 1. The molecular weight excluding hydrogens is 290 g/mol. The van der Waals surface area contributed by atoms with Gasteiger partial charge in [-0.05, 0) is 31.5 Å². The highest BCUT2D eigenvalue weighted by Crippen LogP contribution is 2.27. The van der Waals surface area contributed by atoms with Crippen LogP contribution in [0.1, 0.15) is 18.9 Å². The van der Waals surface area contributed by atoms with Crippen molar-refractivity contribution < 1.29 is 0 Å². The van der Waals surface area contributed by atoms with E-state index in [1.54, 1.807) is 0 Å². The average Bonchev–Trinajstić information content (AvgIpc) is 2.35. The van der Waals surface area contributed by atoms with Crippen LogP contribution in [0.5, 0.6) is 0 Å². The zero-order valence-electron chi connectivity index (χ0n) is 10.8. The lowest BCUT2D eigenvalue weighted by atomic mass is 10.1. The van der Waals surface area contributed by atoms with E-state index in [0.29, 0.717) is 12.5 Å². The molecule has 4 heteroatoms. The van der Waals surface area contributed by atoms with Crippen LogP contribution >= 0.6 is 15.9 Å². The van der Waals surface area contributed by atoms with Gasteiger partial charge in [0.25, 0.3) is 0 Å². The summed E-state index contributed by atoms with van der Waals surface area (Å²) in [5.74, 6) is 0. The Labute approximate surface area is 117 Å². The normalized spacial score (nSPS) is 23.8. The molecule has 18 heavy (non-hydrogen) atoms. The molecule has 1 aliphatic heterocycles. The predicted octanol–water partition coefficient (Wildman–Crippen LogP) is 2.84. The zero-order chi connectivity index (χ0) is 13.1. The maximum atomic E-state index is 8.93. The van der Waals surface area contributed by atoms with Crippen molar-refractivity contribution in [2.24, 2.45) is 0 Å². The van der Waals surface area contributed by atoms with Crippen molar-refractivity contribution in [1.29, 1.82) is 5.26 Å². The molecule has 2 rings (SSSR count). The molecule has 3 nitrogen and oxygen atoms in total. The molecule has 1 aromatic carbocycles. The van der Waals surface area contributed by atoms with E-state index in [1.807, 2.05) is 0 Å². The highest BCUT2D eigenvalue weighted by atomic mass is 79.9. The van der Waals surface area contributed by atoms with E-state index in [4.69, 9.17) is 5.26 Å². The first kappa shape index (κ1) is 13.4. The second kappa shape index (κ2) is 5.73. The third kappa shape index (κ3) is 2.85. The van der Waals surface area contributed by atoms with Crippen molar-refractivity contribution in [2.45, 2.75) is 32.4 Å². The first-order chi connectivity index (χ1) is 8.61. The van der Waals surface area contributed by atoms with E-state index >= 15 is 0 Å². The van der Waals surface area contributed by atoms with Gasteiger partial charge in [-0.25, -0.2) is 0 Å². The highest BCUT2D eigenvalue weighted by molar-refractivity contribution is 9.10. The average molecular weight is 308 g/mol. The highest BCUT2D eigenvalue weighted by Gasteiger charge is 2.25. The maximum absolute atomic E-state index is 8.93. The fourth-order valence-corrected chi connectivity index (χ4v) is 2.69. The molecule has 0 saturated carbocycles. The molecule has 1 saturated heterocycles. The van der Waals surface area contributed by atoms with Crippen LogP contribution in [0, 0.1) is 18.3 Å². The van der Waals surface area contributed by atoms with E-state index in [-0.39, 0.29) is 6.04 Å². The molecule has 0 aromatic heterocycles. The van der Waals surface area contributed by atoms with Crippen molar-refractivity contribution >= 4 is 21.6 Å². The van der Waals surface area contributed by atoms with Crippen LogP contribution in [0.3, 0.4) is 0 Å². The van der Waals surface area contributed by atoms with Gasteiger partial charge in [-0.1, -0.05) is 22.0 Å². The number of rotatable bonds is 2. The SMILES string of the molecule is Cc1ccc(N2CC(C)NCC2CC#N)cc1Br. The number of benzene rings is 1. The fourth-order valence-electron chi connectivity index (χ4n) is 2.32. The van der Waals surface area contributed by atoms with Crippen LogP contribution in [-0.4, -0.2) is 25.2 Å². The van der Waals surface area contributed by atoms with Gasteiger partial charge in [0.2, 0.25) is 0 Å². The molecule has 96 valence electrons. The summed E-state index contributed by atoms with van der Waals surface area (Å²) in [5.41, 5.74) is 2.43. The summed E-state index contributed by atoms with van der Waals surface area (Å²) in [4.78, 5) is 2.34. The lowest BCUT2D eigenvalue weighted by Gasteiger charge is -2.40. The van der Waals surface area contributed by atoms with Crippen LogP contribution in [-0.2, 0) is 0 Å².